The van der Waals surface area contributed by atoms with Gasteiger partial charge in [0.1, 0.15) is 5.60 Å². The fraction of sp³-hybridized carbons (Fsp3) is 0.818. The van der Waals surface area contributed by atoms with Crippen LogP contribution in [0.5, 0.6) is 0 Å². The number of ether oxygens (including phenoxy) is 1. The van der Waals surface area contributed by atoms with Gasteiger partial charge in [0.25, 0.3) is 0 Å². The zero-order valence-electron chi connectivity index (χ0n) is 10.5. The quantitative estimate of drug-likeness (QED) is 0.776. The average Bonchev–Trinajstić information content (AvgIpc) is 1.98. The van der Waals surface area contributed by atoms with Gasteiger partial charge in [-0.1, -0.05) is 6.92 Å². The van der Waals surface area contributed by atoms with Crippen LogP contribution in [-0.2, 0) is 9.53 Å². The minimum atomic E-state index is -0.863. The maximum absolute atomic E-state index is 11.3. The van der Waals surface area contributed by atoms with Gasteiger partial charge < -0.3 is 15.2 Å². The molecule has 0 aromatic rings. The number of hydrogen-bond donors (Lipinski definition) is 2. The summed E-state index contributed by atoms with van der Waals surface area (Å²) in [5, 5.41) is 11.3. The molecule has 94 valence electrons. The Kier molecular flexibility index (Phi) is 5.27. The van der Waals surface area contributed by atoms with Crippen LogP contribution in [0.4, 0.5) is 4.79 Å². The molecular formula is C11H21NO4. The van der Waals surface area contributed by atoms with Crippen molar-refractivity contribution < 1.29 is 19.4 Å². The standard InChI is InChI=1S/C11H21NO4/c1-7(9(13)14)6-8(2)12-10(15)16-11(3,4)5/h7-8H,6H2,1-5H3,(H,12,15)(H,13,14)/t7?,8-/m1/s1. The van der Waals surface area contributed by atoms with Gasteiger partial charge in [-0.2, -0.15) is 0 Å². The summed E-state index contributed by atoms with van der Waals surface area (Å²) < 4.78 is 5.05. The van der Waals surface area contributed by atoms with Crippen molar-refractivity contribution in [3.05, 3.63) is 0 Å². The van der Waals surface area contributed by atoms with Crippen molar-refractivity contribution in [2.24, 2.45) is 5.92 Å². The van der Waals surface area contributed by atoms with Crippen LogP contribution in [0, 0.1) is 5.92 Å². The fourth-order valence-corrected chi connectivity index (χ4v) is 1.20. The van der Waals surface area contributed by atoms with Crippen LogP contribution in [0.2, 0.25) is 0 Å². The van der Waals surface area contributed by atoms with Crippen LogP contribution in [0.15, 0.2) is 0 Å². The molecule has 5 heteroatoms. The van der Waals surface area contributed by atoms with Gasteiger partial charge in [-0.25, -0.2) is 4.79 Å². The molecule has 0 saturated carbocycles. The minimum Gasteiger partial charge on any atom is -0.481 e. The highest BCUT2D eigenvalue weighted by atomic mass is 16.6. The van der Waals surface area contributed by atoms with E-state index in [9.17, 15) is 9.59 Å². The molecule has 1 amide bonds. The summed E-state index contributed by atoms with van der Waals surface area (Å²) in [4.78, 5) is 21.9. The molecule has 0 aromatic heterocycles. The van der Waals surface area contributed by atoms with E-state index in [2.05, 4.69) is 5.32 Å². The van der Waals surface area contributed by atoms with Gasteiger partial charge in [-0.05, 0) is 34.1 Å². The predicted octanol–water partition coefficient (Wildman–Crippen LogP) is 2.01. The Labute approximate surface area is 96.2 Å². The first kappa shape index (κ1) is 14.7. The van der Waals surface area contributed by atoms with Crippen molar-refractivity contribution in [2.45, 2.75) is 52.7 Å². The van der Waals surface area contributed by atoms with Gasteiger partial charge in [-0.15, -0.1) is 0 Å². The Bertz CT molecular complexity index is 257. The Balaban J connectivity index is 4.01. The van der Waals surface area contributed by atoms with E-state index in [0.717, 1.165) is 0 Å². The van der Waals surface area contributed by atoms with Crippen LogP contribution >= 0.6 is 0 Å². The van der Waals surface area contributed by atoms with Crippen molar-refractivity contribution in [2.75, 3.05) is 0 Å². The van der Waals surface area contributed by atoms with E-state index in [4.69, 9.17) is 9.84 Å². The number of amides is 1. The summed E-state index contributed by atoms with van der Waals surface area (Å²) in [5.74, 6) is -1.34. The van der Waals surface area contributed by atoms with Gasteiger partial charge in [0.05, 0.1) is 5.92 Å². The number of carboxylic acid groups (broad SMARTS) is 1. The molecule has 2 N–H and O–H groups in total. The highest BCUT2D eigenvalue weighted by molar-refractivity contribution is 5.70. The zero-order valence-corrected chi connectivity index (χ0v) is 10.5. The van der Waals surface area contributed by atoms with Gasteiger partial charge in [0, 0.05) is 6.04 Å². The van der Waals surface area contributed by atoms with Crippen LogP contribution < -0.4 is 5.32 Å². The Morgan fingerprint density at radius 1 is 1.31 bits per heavy atom. The van der Waals surface area contributed by atoms with E-state index in [0.29, 0.717) is 6.42 Å². The molecule has 5 nitrogen and oxygen atoms in total. The van der Waals surface area contributed by atoms with E-state index in [1.54, 1.807) is 34.6 Å². The molecule has 0 aliphatic heterocycles. The molecule has 0 aliphatic carbocycles. The number of hydrogen-bond acceptors (Lipinski definition) is 3. The number of carboxylic acids is 1. The zero-order chi connectivity index (χ0) is 12.9. The van der Waals surface area contributed by atoms with Crippen LogP contribution in [0.3, 0.4) is 0 Å². The molecule has 0 aromatic carbocycles. The van der Waals surface area contributed by atoms with Crippen molar-refractivity contribution in [1.29, 1.82) is 0 Å². The summed E-state index contributed by atoms with van der Waals surface area (Å²) in [6.45, 7) is 8.68. The molecule has 16 heavy (non-hydrogen) atoms. The van der Waals surface area contributed by atoms with Gasteiger partial charge in [-0.3, -0.25) is 4.79 Å². The lowest BCUT2D eigenvalue weighted by Crippen LogP contribution is -2.38. The van der Waals surface area contributed by atoms with Gasteiger partial charge >= 0.3 is 12.1 Å². The second-order valence-electron chi connectivity index (χ2n) is 5.02. The lowest BCUT2D eigenvalue weighted by molar-refractivity contribution is -0.141. The molecule has 0 heterocycles. The molecule has 0 rings (SSSR count). The SMILES string of the molecule is CC(C[C@@H](C)NC(=O)OC(C)(C)C)C(=O)O. The van der Waals surface area contributed by atoms with Crippen LogP contribution in [-0.4, -0.2) is 28.8 Å². The highest BCUT2D eigenvalue weighted by Crippen LogP contribution is 2.09. The maximum atomic E-state index is 11.3. The molecule has 0 fully saturated rings. The number of nitrogens with one attached hydrogen (secondary N) is 1. The predicted molar refractivity (Wildman–Crippen MR) is 60.2 cm³/mol. The molecule has 0 saturated heterocycles. The van der Waals surface area contributed by atoms with E-state index < -0.39 is 23.6 Å². The number of rotatable bonds is 4. The Morgan fingerprint density at radius 3 is 2.19 bits per heavy atom. The molecule has 1 unspecified atom stereocenters. The third-order valence-electron chi connectivity index (χ3n) is 1.89. The second-order valence-corrected chi connectivity index (χ2v) is 5.02. The second kappa shape index (κ2) is 5.72. The van der Waals surface area contributed by atoms with Crippen molar-refractivity contribution >= 4 is 12.1 Å². The Hall–Kier alpha value is -1.26. The van der Waals surface area contributed by atoms with Crippen molar-refractivity contribution in [3.8, 4) is 0 Å². The smallest absolute Gasteiger partial charge is 0.407 e. The topological polar surface area (TPSA) is 75.6 Å². The third-order valence-corrected chi connectivity index (χ3v) is 1.89. The average molecular weight is 231 g/mol. The Morgan fingerprint density at radius 2 is 1.81 bits per heavy atom. The summed E-state index contributed by atoms with van der Waals surface area (Å²) in [5.41, 5.74) is -0.539. The van der Waals surface area contributed by atoms with Crippen molar-refractivity contribution in [1.82, 2.24) is 5.32 Å². The minimum absolute atomic E-state index is 0.221. The number of carbonyl (C=O) groups excluding carboxylic acids is 1. The third kappa shape index (κ3) is 7.09. The fourth-order valence-electron chi connectivity index (χ4n) is 1.20. The van der Waals surface area contributed by atoms with Crippen molar-refractivity contribution in [3.63, 3.8) is 0 Å². The van der Waals surface area contributed by atoms with E-state index >= 15 is 0 Å². The normalized spacial score (nSPS) is 15.1. The molecule has 0 spiro atoms. The number of alkyl carbamates (subject to hydrolysis) is 1. The molecule has 2 atom stereocenters. The first-order chi connectivity index (χ1) is 7.11. The lowest BCUT2D eigenvalue weighted by Gasteiger charge is -2.22. The maximum Gasteiger partial charge on any atom is 0.407 e. The monoisotopic (exact) mass is 231 g/mol. The van der Waals surface area contributed by atoms with Gasteiger partial charge in [0.15, 0.2) is 0 Å². The lowest BCUT2D eigenvalue weighted by atomic mass is 10.0. The largest absolute Gasteiger partial charge is 0.481 e. The molecule has 0 aliphatic rings. The highest BCUT2D eigenvalue weighted by Gasteiger charge is 2.20. The van der Waals surface area contributed by atoms with Gasteiger partial charge in [0.2, 0.25) is 0 Å². The number of aliphatic carboxylic acids is 1. The van der Waals surface area contributed by atoms with E-state index in [-0.39, 0.29) is 6.04 Å². The molecule has 0 radical (unpaired) electrons. The summed E-state index contributed by atoms with van der Waals surface area (Å²) >= 11 is 0. The summed E-state index contributed by atoms with van der Waals surface area (Å²) in [7, 11) is 0. The first-order valence-electron chi connectivity index (χ1n) is 5.34. The van der Waals surface area contributed by atoms with Crippen LogP contribution in [0.1, 0.15) is 41.0 Å². The van der Waals surface area contributed by atoms with E-state index in [1.165, 1.54) is 0 Å². The first-order valence-corrected chi connectivity index (χ1v) is 5.34. The molecule has 0 bridgehead atoms. The number of carbonyl (C=O) groups is 2. The summed E-state index contributed by atoms with van der Waals surface area (Å²) in [6, 6.07) is -0.221. The molecular weight excluding hydrogens is 210 g/mol. The summed E-state index contributed by atoms with van der Waals surface area (Å²) in [6.07, 6.45) is -0.133. The van der Waals surface area contributed by atoms with E-state index in [1.807, 2.05) is 0 Å². The van der Waals surface area contributed by atoms with Crippen LogP contribution in [0.25, 0.3) is 0 Å².